The number of nitrogens with zero attached hydrogens (tertiary/aromatic N) is 3. The van der Waals surface area contributed by atoms with Crippen LogP contribution in [0.2, 0.25) is 0 Å². The monoisotopic (exact) mass is 473 g/mol. The lowest BCUT2D eigenvalue weighted by molar-refractivity contribution is 0.0684. The van der Waals surface area contributed by atoms with Gasteiger partial charge in [0.1, 0.15) is 12.3 Å². The third-order valence-corrected chi connectivity index (χ3v) is 5.65. The number of ether oxygens (including phenoxy) is 1. The van der Waals surface area contributed by atoms with Gasteiger partial charge in [-0.1, -0.05) is 53.7 Å². The minimum absolute atomic E-state index is 0.0314. The summed E-state index contributed by atoms with van der Waals surface area (Å²) in [5.74, 6) is -2.03. The summed E-state index contributed by atoms with van der Waals surface area (Å²) in [5.41, 5.74) is 4.17. The molecule has 0 saturated carbocycles. The second-order valence-electron chi connectivity index (χ2n) is 7.82. The second-order valence-corrected chi connectivity index (χ2v) is 7.82. The number of aromatic nitrogens is 3. The zero-order chi connectivity index (χ0) is 24.5. The molecule has 2 aromatic heterocycles. The van der Waals surface area contributed by atoms with Crippen LogP contribution in [-0.2, 0) is 11.8 Å². The van der Waals surface area contributed by atoms with Crippen molar-refractivity contribution in [2.45, 2.75) is 5.92 Å². The zero-order valence-electron chi connectivity index (χ0n) is 18.4. The van der Waals surface area contributed by atoms with Crippen LogP contribution >= 0.6 is 0 Å². The van der Waals surface area contributed by atoms with Crippen molar-refractivity contribution >= 4 is 29.7 Å². The Bertz CT molecular complexity index is 1410. The van der Waals surface area contributed by atoms with Crippen LogP contribution in [0.25, 0.3) is 11.1 Å². The minimum atomic E-state index is -1.18. The summed E-state index contributed by atoms with van der Waals surface area (Å²) in [5, 5.41) is 21.4. The maximum atomic E-state index is 12.4. The quantitative estimate of drug-likeness (QED) is 0.384. The number of fused-ring (bicyclic) bond motifs is 3. The predicted molar refractivity (Wildman–Crippen MR) is 123 cm³/mol. The van der Waals surface area contributed by atoms with E-state index >= 15 is 0 Å². The first-order valence-corrected chi connectivity index (χ1v) is 10.6. The maximum Gasteiger partial charge on any atom is 0.414 e. The molecule has 11 nitrogen and oxygen atoms in total. The molecular formula is C24H19N5O6. The molecule has 1 aliphatic carbocycles. The molecule has 3 N–H and O–H groups in total. The molecule has 0 fully saturated rings. The maximum absolute atomic E-state index is 12.4. The topological polar surface area (TPSA) is 149 Å². The van der Waals surface area contributed by atoms with E-state index in [1.165, 1.54) is 19.2 Å². The number of carbonyl (C=O) groups excluding carboxylic acids is 2. The van der Waals surface area contributed by atoms with Crippen molar-refractivity contribution in [3.05, 3.63) is 83.2 Å². The Morgan fingerprint density at radius 1 is 1.03 bits per heavy atom. The number of amides is 2. The van der Waals surface area contributed by atoms with Crippen LogP contribution in [0.5, 0.6) is 0 Å². The van der Waals surface area contributed by atoms with Crippen LogP contribution in [0, 0.1) is 0 Å². The van der Waals surface area contributed by atoms with Gasteiger partial charge in [0.25, 0.3) is 5.91 Å². The molecule has 2 aromatic carbocycles. The molecule has 2 heterocycles. The van der Waals surface area contributed by atoms with Crippen molar-refractivity contribution in [1.29, 1.82) is 0 Å². The number of aromatic carboxylic acids is 1. The molecule has 4 aromatic rings. The summed E-state index contributed by atoms with van der Waals surface area (Å²) >= 11 is 0. The summed E-state index contributed by atoms with van der Waals surface area (Å²) < 4.78 is 11.6. The number of carboxylic acid groups (broad SMARTS) is 1. The average molecular weight is 473 g/mol. The first-order chi connectivity index (χ1) is 16.9. The molecule has 0 spiro atoms. The molecule has 0 unspecified atom stereocenters. The van der Waals surface area contributed by atoms with Crippen LogP contribution in [0.3, 0.4) is 0 Å². The smallest absolute Gasteiger partial charge is 0.414 e. The molecule has 0 radical (unpaired) electrons. The number of hydrogen-bond donors (Lipinski definition) is 3. The van der Waals surface area contributed by atoms with Gasteiger partial charge in [0.05, 0.1) is 0 Å². The fourth-order valence-electron chi connectivity index (χ4n) is 4.09. The van der Waals surface area contributed by atoms with Crippen molar-refractivity contribution in [2.75, 3.05) is 17.2 Å². The molecule has 5 rings (SSSR count). The summed E-state index contributed by atoms with van der Waals surface area (Å²) in [6.07, 6.45) is -0.759. The van der Waals surface area contributed by atoms with E-state index in [-0.39, 0.29) is 35.6 Å². The van der Waals surface area contributed by atoms with Gasteiger partial charge in [-0.3, -0.25) is 14.8 Å². The van der Waals surface area contributed by atoms with Crippen LogP contribution < -0.4 is 10.6 Å². The first kappa shape index (κ1) is 21.9. The third kappa shape index (κ3) is 4.22. The lowest BCUT2D eigenvalue weighted by atomic mass is 9.98. The number of carbonyl (C=O) groups is 3. The minimum Gasteiger partial charge on any atom is -0.477 e. The Kier molecular flexibility index (Phi) is 5.49. The van der Waals surface area contributed by atoms with Crippen molar-refractivity contribution in [2.24, 2.45) is 7.05 Å². The molecule has 11 heteroatoms. The average Bonchev–Trinajstić information content (AvgIpc) is 3.54. The Morgan fingerprint density at radius 2 is 1.69 bits per heavy atom. The van der Waals surface area contributed by atoms with Crippen LogP contribution in [0.4, 0.5) is 16.5 Å². The predicted octanol–water partition coefficient (Wildman–Crippen LogP) is 3.72. The standard InChI is InChI=1S/C24H19N5O6/c1-29-19(23(31)32)11-20(27-29)25-22(30)18-10-21(35-28-18)26-24(33)34-12-17-15-8-4-2-6-13(15)14-7-3-5-9-16(14)17/h2-11,17H,12H2,1H3,(H,26,33)(H,31,32)(H,25,27,30). The SMILES string of the molecule is Cn1nc(NC(=O)c2cc(NC(=O)OCC3c4ccccc4-c4ccccc43)on2)cc1C(=O)O. The lowest BCUT2D eigenvalue weighted by Crippen LogP contribution is -2.17. The zero-order valence-corrected chi connectivity index (χ0v) is 18.4. The van der Waals surface area contributed by atoms with Gasteiger partial charge in [-0.05, 0) is 22.3 Å². The fourth-order valence-corrected chi connectivity index (χ4v) is 4.09. The fraction of sp³-hybridized carbons (Fsp3) is 0.125. The molecule has 0 atom stereocenters. The number of nitrogens with one attached hydrogen (secondary N) is 2. The van der Waals surface area contributed by atoms with Gasteiger partial charge in [0.2, 0.25) is 5.88 Å². The van der Waals surface area contributed by atoms with Crippen molar-refractivity contribution in [3.63, 3.8) is 0 Å². The number of hydrogen-bond acceptors (Lipinski definition) is 7. The Hall–Kier alpha value is -4.93. The van der Waals surface area contributed by atoms with Crippen LogP contribution in [0.15, 0.2) is 65.2 Å². The van der Waals surface area contributed by atoms with E-state index in [4.69, 9.17) is 14.4 Å². The van der Waals surface area contributed by atoms with E-state index in [0.29, 0.717) is 0 Å². The highest BCUT2D eigenvalue weighted by Crippen LogP contribution is 2.44. The number of aryl methyl sites for hydroxylation is 1. The highest BCUT2D eigenvalue weighted by molar-refractivity contribution is 6.03. The largest absolute Gasteiger partial charge is 0.477 e. The van der Waals surface area contributed by atoms with Crippen molar-refractivity contribution in [3.8, 4) is 11.1 Å². The highest BCUT2D eigenvalue weighted by atomic mass is 16.6. The van der Waals surface area contributed by atoms with E-state index < -0.39 is 18.0 Å². The van der Waals surface area contributed by atoms with E-state index in [9.17, 15) is 14.4 Å². The first-order valence-electron chi connectivity index (χ1n) is 10.6. The summed E-state index contributed by atoms with van der Waals surface area (Å²) in [4.78, 5) is 35.8. The van der Waals surface area contributed by atoms with Gasteiger partial charge in [-0.15, -0.1) is 0 Å². The van der Waals surface area contributed by atoms with Gasteiger partial charge >= 0.3 is 12.1 Å². The molecule has 0 aliphatic heterocycles. The van der Waals surface area contributed by atoms with Crippen molar-refractivity contribution < 1.29 is 28.8 Å². The van der Waals surface area contributed by atoms with Crippen LogP contribution in [-0.4, -0.2) is 44.6 Å². The van der Waals surface area contributed by atoms with Crippen molar-refractivity contribution in [1.82, 2.24) is 14.9 Å². The summed E-state index contributed by atoms with van der Waals surface area (Å²) in [6, 6.07) is 18.4. The van der Waals surface area contributed by atoms with Crippen LogP contribution in [0.1, 0.15) is 38.0 Å². The number of benzene rings is 2. The van der Waals surface area contributed by atoms with Gasteiger partial charge in [-0.25, -0.2) is 9.59 Å². The lowest BCUT2D eigenvalue weighted by Gasteiger charge is -2.13. The molecule has 1 aliphatic rings. The Morgan fingerprint density at radius 3 is 2.31 bits per heavy atom. The van der Waals surface area contributed by atoms with E-state index in [2.05, 4.69) is 20.9 Å². The van der Waals surface area contributed by atoms with Gasteiger partial charge in [0, 0.05) is 25.1 Å². The molecule has 0 saturated heterocycles. The van der Waals surface area contributed by atoms with Gasteiger partial charge in [0.15, 0.2) is 11.5 Å². The van der Waals surface area contributed by atoms with Gasteiger partial charge < -0.3 is 19.7 Å². The second kappa shape index (κ2) is 8.78. The molecule has 176 valence electrons. The normalized spacial score (nSPS) is 12.0. The molecule has 0 bridgehead atoms. The van der Waals surface area contributed by atoms with Gasteiger partial charge in [-0.2, -0.15) is 5.10 Å². The number of carboxylic acids is 1. The van der Waals surface area contributed by atoms with E-state index in [0.717, 1.165) is 26.9 Å². The van der Waals surface area contributed by atoms with E-state index in [1.807, 2.05) is 48.5 Å². The molecule has 2 amide bonds. The Balaban J connectivity index is 1.20. The molecular weight excluding hydrogens is 454 g/mol. The van der Waals surface area contributed by atoms with E-state index in [1.54, 1.807) is 0 Å². The third-order valence-electron chi connectivity index (χ3n) is 5.65. The Labute approximate surface area is 198 Å². The summed E-state index contributed by atoms with van der Waals surface area (Å²) in [6.45, 7) is 0.118. The number of rotatable bonds is 6. The summed E-state index contributed by atoms with van der Waals surface area (Å²) in [7, 11) is 1.44. The number of anilines is 2. The molecule has 35 heavy (non-hydrogen) atoms. The highest BCUT2D eigenvalue weighted by Gasteiger charge is 2.29.